The number of carbonyl (C=O) groups excluding carboxylic acids is 2. The Morgan fingerprint density at radius 2 is 1.64 bits per heavy atom. The Balaban J connectivity index is 1.93. The Morgan fingerprint density at radius 1 is 1.00 bits per heavy atom. The molecule has 2 aromatic rings. The zero-order chi connectivity index (χ0) is 18.6. The molecule has 0 heterocycles. The van der Waals surface area contributed by atoms with E-state index in [1.807, 2.05) is 19.2 Å². The third-order valence-corrected chi connectivity index (χ3v) is 3.46. The van der Waals surface area contributed by atoms with Gasteiger partial charge in [0.1, 0.15) is 0 Å². The lowest BCUT2D eigenvalue weighted by Crippen LogP contribution is -2.21. The summed E-state index contributed by atoms with van der Waals surface area (Å²) in [5.74, 6) is -5.88. The van der Waals surface area contributed by atoms with E-state index in [2.05, 4.69) is 0 Å². The number of nitrogens with one attached hydrogen (secondary N) is 1. The van der Waals surface area contributed by atoms with E-state index in [0.29, 0.717) is 12.0 Å². The second kappa shape index (κ2) is 7.83. The van der Waals surface area contributed by atoms with Crippen molar-refractivity contribution in [3.05, 3.63) is 65.0 Å². The molecule has 0 aliphatic rings. The molecule has 2 rings (SSSR count). The highest BCUT2D eigenvalue weighted by atomic mass is 19.2. The number of benzene rings is 2. The van der Waals surface area contributed by atoms with Crippen LogP contribution in [0.5, 0.6) is 0 Å². The molecule has 0 bridgehead atoms. The first-order valence-electron chi connectivity index (χ1n) is 7.50. The lowest BCUT2D eigenvalue weighted by molar-refractivity contribution is -0.119. The zero-order valence-electron chi connectivity index (χ0n) is 13.6. The van der Waals surface area contributed by atoms with E-state index in [-0.39, 0.29) is 5.56 Å². The molecule has 0 saturated carbocycles. The average molecular weight is 351 g/mol. The van der Waals surface area contributed by atoms with Crippen molar-refractivity contribution in [2.24, 2.45) is 0 Å². The van der Waals surface area contributed by atoms with Crippen molar-refractivity contribution in [1.29, 1.82) is 0 Å². The van der Waals surface area contributed by atoms with Crippen molar-refractivity contribution in [1.82, 2.24) is 0 Å². The Bertz CT molecular complexity index is 789. The highest BCUT2D eigenvalue weighted by Crippen LogP contribution is 2.19. The first kappa shape index (κ1) is 18.5. The average Bonchev–Trinajstić information content (AvgIpc) is 2.60. The van der Waals surface area contributed by atoms with E-state index < -0.39 is 41.6 Å². The van der Waals surface area contributed by atoms with Crippen LogP contribution in [0.1, 0.15) is 35.7 Å². The number of amides is 1. The van der Waals surface area contributed by atoms with Gasteiger partial charge in [0.15, 0.2) is 24.1 Å². The summed E-state index contributed by atoms with van der Waals surface area (Å²) in [6, 6.07) is 8.25. The van der Waals surface area contributed by atoms with E-state index in [1.165, 1.54) is 0 Å². The monoisotopic (exact) mass is 351 g/mol. The zero-order valence-corrected chi connectivity index (χ0v) is 13.6. The van der Waals surface area contributed by atoms with Gasteiger partial charge in [0.05, 0.1) is 11.3 Å². The fraction of sp³-hybridized carbons (Fsp3) is 0.222. The summed E-state index contributed by atoms with van der Waals surface area (Å²) in [6.45, 7) is 3.33. The lowest BCUT2D eigenvalue weighted by Gasteiger charge is -2.09. The molecule has 1 amide bonds. The molecule has 0 atom stereocenters. The van der Waals surface area contributed by atoms with Crippen molar-refractivity contribution >= 4 is 17.6 Å². The number of hydrogen-bond acceptors (Lipinski definition) is 3. The van der Waals surface area contributed by atoms with Crippen molar-refractivity contribution in [3.63, 3.8) is 0 Å². The Labute approximate surface area is 142 Å². The molecular formula is C18H16F3NO3. The third kappa shape index (κ3) is 4.59. The molecule has 0 fully saturated rings. The predicted molar refractivity (Wildman–Crippen MR) is 85.8 cm³/mol. The van der Waals surface area contributed by atoms with Gasteiger partial charge in [-0.15, -0.1) is 0 Å². The topological polar surface area (TPSA) is 55.4 Å². The van der Waals surface area contributed by atoms with Crippen molar-refractivity contribution in [3.8, 4) is 0 Å². The highest BCUT2D eigenvalue weighted by Gasteiger charge is 2.16. The molecule has 0 spiro atoms. The van der Waals surface area contributed by atoms with E-state index in [0.717, 1.165) is 11.6 Å². The minimum Gasteiger partial charge on any atom is -0.452 e. The van der Waals surface area contributed by atoms with E-state index in [1.54, 1.807) is 24.3 Å². The summed E-state index contributed by atoms with van der Waals surface area (Å²) in [4.78, 5) is 23.5. The van der Waals surface area contributed by atoms with E-state index in [9.17, 15) is 22.8 Å². The minimum atomic E-state index is -1.69. The first-order valence-corrected chi connectivity index (χ1v) is 7.50. The van der Waals surface area contributed by atoms with Crippen LogP contribution in [0.15, 0.2) is 36.4 Å². The van der Waals surface area contributed by atoms with Crippen LogP contribution in [0.3, 0.4) is 0 Å². The van der Waals surface area contributed by atoms with Gasteiger partial charge in [-0.25, -0.2) is 18.0 Å². The molecule has 25 heavy (non-hydrogen) atoms. The molecule has 0 saturated heterocycles. The number of halogens is 3. The van der Waals surface area contributed by atoms with Crippen LogP contribution in [0.2, 0.25) is 0 Å². The molecule has 1 N–H and O–H groups in total. The molecule has 4 nitrogen and oxygen atoms in total. The maximum absolute atomic E-state index is 13.5. The Kier molecular flexibility index (Phi) is 5.80. The molecule has 132 valence electrons. The van der Waals surface area contributed by atoms with Crippen molar-refractivity contribution in [2.45, 2.75) is 19.8 Å². The Hall–Kier alpha value is -2.83. The van der Waals surface area contributed by atoms with Gasteiger partial charge in [0.2, 0.25) is 0 Å². The summed E-state index contributed by atoms with van der Waals surface area (Å²) in [7, 11) is 0. The molecular weight excluding hydrogens is 335 g/mol. The largest absolute Gasteiger partial charge is 0.452 e. The van der Waals surface area contributed by atoms with Gasteiger partial charge < -0.3 is 10.1 Å². The number of rotatable bonds is 5. The molecule has 2 aromatic carbocycles. The van der Waals surface area contributed by atoms with Gasteiger partial charge in [0.25, 0.3) is 5.91 Å². The van der Waals surface area contributed by atoms with Crippen LogP contribution in [-0.4, -0.2) is 18.5 Å². The molecule has 0 aliphatic heterocycles. The van der Waals surface area contributed by atoms with Crippen LogP contribution in [0.25, 0.3) is 0 Å². The van der Waals surface area contributed by atoms with Gasteiger partial charge in [-0.1, -0.05) is 26.0 Å². The summed E-state index contributed by atoms with van der Waals surface area (Å²) < 4.78 is 44.2. The number of esters is 1. The fourth-order valence-corrected chi connectivity index (χ4v) is 2.03. The van der Waals surface area contributed by atoms with Gasteiger partial charge in [-0.2, -0.15) is 0 Å². The number of ether oxygens (including phenoxy) is 1. The summed E-state index contributed by atoms with van der Waals surface area (Å²) in [5, 5.41) is 2.01. The molecule has 0 aliphatic carbocycles. The van der Waals surface area contributed by atoms with Crippen LogP contribution in [0, 0.1) is 17.5 Å². The van der Waals surface area contributed by atoms with Gasteiger partial charge >= 0.3 is 5.97 Å². The van der Waals surface area contributed by atoms with Crippen LogP contribution in [0.4, 0.5) is 18.9 Å². The molecule has 0 aromatic heterocycles. The minimum absolute atomic E-state index is 0.260. The number of hydrogen-bond donors (Lipinski definition) is 1. The van der Waals surface area contributed by atoms with Crippen LogP contribution >= 0.6 is 0 Å². The van der Waals surface area contributed by atoms with Gasteiger partial charge in [-0.05, 0) is 35.7 Å². The maximum Gasteiger partial charge on any atom is 0.338 e. The second-order valence-corrected chi connectivity index (χ2v) is 5.62. The van der Waals surface area contributed by atoms with Crippen molar-refractivity contribution < 1.29 is 27.5 Å². The Morgan fingerprint density at radius 3 is 2.24 bits per heavy atom. The number of carbonyl (C=O) groups is 2. The smallest absolute Gasteiger partial charge is 0.338 e. The third-order valence-electron chi connectivity index (χ3n) is 3.46. The maximum atomic E-state index is 13.5. The fourth-order valence-electron chi connectivity index (χ4n) is 2.03. The van der Waals surface area contributed by atoms with Crippen LogP contribution in [-0.2, 0) is 9.53 Å². The number of anilines is 1. The predicted octanol–water partition coefficient (Wildman–Crippen LogP) is 4.02. The van der Waals surface area contributed by atoms with Crippen LogP contribution < -0.4 is 5.32 Å². The molecule has 0 unspecified atom stereocenters. The van der Waals surface area contributed by atoms with E-state index >= 15 is 0 Å². The lowest BCUT2D eigenvalue weighted by atomic mass is 10.0. The van der Waals surface area contributed by atoms with Gasteiger partial charge in [0, 0.05) is 0 Å². The van der Waals surface area contributed by atoms with Crippen molar-refractivity contribution in [2.75, 3.05) is 11.9 Å². The normalized spacial score (nSPS) is 10.6. The quantitative estimate of drug-likeness (QED) is 0.654. The molecule has 0 radical (unpaired) electrons. The highest BCUT2D eigenvalue weighted by molar-refractivity contribution is 5.95. The second-order valence-electron chi connectivity index (χ2n) is 5.62. The van der Waals surface area contributed by atoms with E-state index in [4.69, 9.17) is 4.74 Å². The summed E-state index contributed by atoms with van der Waals surface area (Å²) in [5.41, 5.74) is 0.764. The summed E-state index contributed by atoms with van der Waals surface area (Å²) >= 11 is 0. The first-order chi connectivity index (χ1) is 11.8. The van der Waals surface area contributed by atoms with Gasteiger partial charge in [-0.3, -0.25) is 4.79 Å². The standard InChI is InChI=1S/C18H16F3NO3/c1-10(2)11-3-5-12(6-4-11)18(24)25-9-15(23)22-14-8-7-13(19)16(20)17(14)21/h3-8,10H,9H2,1-2H3,(H,22,23). The SMILES string of the molecule is CC(C)c1ccc(C(=O)OCC(=O)Nc2ccc(F)c(F)c2F)cc1. The molecule has 7 heteroatoms. The summed E-state index contributed by atoms with van der Waals surface area (Å²) in [6.07, 6.45) is 0.